The molecule has 0 aliphatic heterocycles. The third-order valence-corrected chi connectivity index (χ3v) is 10.7. The number of carbonyl (C=O) groups excluding carboxylic acids is 9. The highest BCUT2D eigenvalue weighted by molar-refractivity contribution is 7.98. The molecule has 32 heteroatoms. The van der Waals surface area contributed by atoms with Gasteiger partial charge in [-0.3, -0.25) is 62.3 Å². The summed E-state index contributed by atoms with van der Waals surface area (Å²) in [5, 5.41) is 83.8. The number of carboxylic acid groups (broad SMARTS) is 5. The first-order valence-corrected chi connectivity index (χ1v) is 23.2. The van der Waals surface area contributed by atoms with E-state index in [1.54, 1.807) is 6.26 Å². The number of carbonyl (C=O) groups is 14. The van der Waals surface area contributed by atoms with Crippen molar-refractivity contribution < 1.29 is 103 Å². The molecule has 0 aliphatic carbocycles. The van der Waals surface area contributed by atoms with Gasteiger partial charge < -0.3 is 89.7 Å². The van der Waals surface area contributed by atoms with Crippen LogP contribution < -0.4 is 54.0 Å². The zero-order valence-corrected chi connectivity index (χ0v) is 40.4. The van der Waals surface area contributed by atoms with E-state index in [4.69, 9.17) is 21.7 Å². The number of rotatable bonds is 36. The van der Waals surface area contributed by atoms with Gasteiger partial charge in [-0.25, -0.2) is 4.79 Å². The predicted molar refractivity (Wildman–Crippen MR) is 244 cm³/mol. The number of aliphatic hydroxyl groups excluding tert-OH is 2. The highest BCUT2D eigenvalue weighted by Gasteiger charge is 2.36. The van der Waals surface area contributed by atoms with Gasteiger partial charge in [0.25, 0.3) is 0 Å². The van der Waals surface area contributed by atoms with Crippen molar-refractivity contribution in [1.29, 1.82) is 0 Å². The van der Waals surface area contributed by atoms with Crippen molar-refractivity contribution in [2.24, 2.45) is 11.5 Å². The van der Waals surface area contributed by atoms with Crippen LogP contribution in [-0.4, -0.2) is 197 Å². The van der Waals surface area contributed by atoms with Crippen LogP contribution in [0.2, 0.25) is 0 Å². The second kappa shape index (κ2) is 32.6. The smallest absolute Gasteiger partial charge is 0.326 e. The summed E-state index contributed by atoms with van der Waals surface area (Å²) in [5.41, 5.74) is 10.9. The number of thioether (sulfide) groups is 1. The van der Waals surface area contributed by atoms with Crippen LogP contribution in [0.25, 0.3) is 0 Å². The molecule has 0 unspecified atom stereocenters. The van der Waals surface area contributed by atoms with Gasteiger partial charge in [-0.1, -0.05) is 0 Å². The van der Waals surface area contributed by atoms with Crippen molar-refractivity contribution >= 4 is 94.8 Å². The molecule has 406 valence electrons. The topological polar surface area (TPSA) is 529 Å². The summed E-state index contributed by atoms with van der Waals surface area (Å²) < 4.78 is 0. The molecule has 72 heavy (non-hydrogen) atoms. The van der Waals surface area contributed by atoms with E-state index < -0.39 is 207 Å². The molecule has 0 aliphatic rings. The lowest BCUT2D eigenvalue weighted by Gasteiger charge is -2.28. The second-order valence-electron chi connectivity index (χ2n) is 16.1. The minimum atomic E-state index is -2.08. The molecule has 0 aromatic heterocycles. The molecule has 0 spiro atoms. The van der Waals surface area contributed by atoms with Crippen LogP contribution in [-0.2, 0) is 67.1 Å². The number of carboxylic acids is 5. The largest absolute Gasteiger partial charge is 0.481 e. The van der Waals surface area contributed by atoms with Gasteiger partial charge in [-0.05, 0) is 64.9 Å². The van der Waals surface area contributed by atoms with Gasteiger partial charge in [-0.2, -0.15) is 11.8 Å². The Morgan fingerprint density at radius 1 is 0.431 bits per heavy atom. The normalized spacial score (nSPS) is 15.5. The third-order valence-electron chi connectivity index (χ3n) is 10.0. The summed E-state index contributed by atoms with van der Waals surface area (Å²) in [7, 11) is 0. The van der Waals surface area contributed by atoms with Crippen molar-refractivity contribution in [3.05, 3.63) is 0 Å². The highest BCUT2D eigenvalue weighted by Crippen LogP contribution is 2.09. The molecule has 11 atom stereocenters. The fraction of sp³-hybridized carbons (Fsp3) is 0.650. The van der Waals surface area contributed by atoms with Crippen molar-refractivity contribution in [2.45, 2.75) is 152 Å². The molecular weight excluding hydrogens is 989 g/mol. The molecule has 0 aromatic rings. The Labute approximate surface area is 414 Å². The van der Waals surface area contributed by atoms with Gasteiger partial charge in [0.1, 0.15) is 54.4 Å². The van der Waals surface area contributed by atoms with Crippen LogP contribution in [0, 0.1) is 0 Å². The molecular formula is C40H64N10O21S. The van der Waals surface area contributed by atoms with E-state index in [9.17, 15) is 92.7 Å². The lowest BCUT2D eigenvalue weighted by Crippen LogP contribution is -2.62. The number of nitrogens with one attached hydrogen (secondary N) is 8. The van der Waals surface area contributed by atoms with E-state index in [0.717, 1.165) is 13.8 Å². The quantitative estimate of drug-likeness (QED) is 0.0277. The molecule has 0 heterocycles. The fourth-order valence-electron chi connectivity index (χ4n) is 5.94. The first kappa shape index (κ1) is 64.8. The number of nitrogens with two attached hydrogens (primary N) is 2. The Morgan fingerprint density at radius 2 is 0.792 bits per heavy atom. The van der Waals surface area contributed by atoms with Crippen LogP contribution in [0.3, 0.4) is 0 Å². The lowest BCUT2D eigenvalue weighted by molar-refractivity contribution is -0.144. The van der Waals surface area contributed by atoms with Crippen LogP contribution in [0.5, 0.6) is 0 Å². The Kier molecular flexibility index (Phi) is 29.4. The van der Waals surface area contributed by atoms with Crippen LogP contribution in [0.1, 0.15) is 85.0 Å². The Bertz CT molecular complexity index is 1990. The minimum absolute atomic E-state index is 0.0129. The number of amides is 9. The van der Waals surface area contributed by atoms with Gasteiger partial charge in [0.2, 0.25) is 53.2 Å². The summed E-state index contributed by atoms with van der Waals surface area (Å²) in [6.07, 6.45) is -8.04. The standard InChI is InChI=1S/C40H64N10O21S/c1-16(32(62)49-24(15-29(60)61)37(67)45-21(7-11-27(56)57)34(64)48-23(40(70)71)8-12-28(58)59)43-33(63)20(6-10-26(54)55)47-39(69)31(18(3)52)50-36(66)19(5-9-25(41)53)44-35(65)22(13-14-72-4)46-38(68)30(42)17(2)51/h16-24,30-31,51-52H,5-15,42H2,1-4H3,(H2,41,53)(H,43,63)(H,44,65)(H,45,67)(H,46,68)(H,47,69)(H,48,64)(H,49,62)(H,50,66)(H,54,55)(H,56,57)(H,58,59)(H,60,61)(H,70,71)/t16-,17+,18+,19-,20-,21-,22-,23-,24-,30-,31-/m0/s1. The summed E-state index contributed by atoms with van der Waals surface area (Å²) >= 11 is 1.28. The van der Waals surface area contributed by atoms with Crippen LogP contribution in [0.15, 0.2) is 0 Å². The fourth-order valence-corrected chi connectivity index (χ4v) is 6.41. The molecule has 0 bridgehead atoms. The maximum absolute atomic E-state index is 13.6. The molecule has 0 fully saturated rings. The monoisotopic (exact) mass is 1050 g/mol. The van der Waals surface area contributed by atoms with Crippen molar-refractivity contribution in [3.63, 3.8) is 0 Å². The summed E-state index contributed by atoms with van der Waals surface area (Å²) in [6, 6.07) is -15.9. The Hall–Kier alpha value is -7.19. The molecule has 19 N–H and O–H groups in total. The zero-order chi connectivity index (χ0) is 55.6. The van der Waals surface area contributed by atoms with E-state index in [1.165, 1.54) is 18.7 Å². The first-order valence-electron chi connectivity index (χ1n) is 21.8. The Morgan fingerprint density at radius 3 is 1.19 bits per heavy atom. The van der Waals surface area contributed by atoms with Crippen molar-refractivity contribution in [2.75, 3.05) is 12.0 Å². The average molecular weight is 1050 g/mol. The van der Waals surface area contributed by atoms with Gasteiger partial charge in [0, 0.05) is 25.7 Å². The van der Waals surface area contributed by atoms with Crippen LogP contribution >= 0.6 is 11.8 Å². The number of aliphatic hydroxyl groups is 2. The van der Waals surface area contributed by atoms with Gasteiger partial charge in [-0.15, -0.1) is 0 Å². The zero-order valence-electron chi connectivity index (χ0n) is 39.5. The highest BCUT2D eigenvalue weighted by atomic mass is 32.2. The number of primary amides is 1. The van der Waals surface area contributed by atoms with E-state index in [-0.39, 0.29) is 6.42 Å². The summed E-state index contributed by atoms with van der Waals surface area (Å²) in [5.74, 6) is -18.2. The minimum Gasteiger partial charge on any atom is -0.481 e. The molecule has 31 nitrogen and oxygen atoms in total. The molecule has 9 amide bonds. The average Bonchev–Trinajstić information content (AvgIpc) is 3.27. The van der Waals surface area contributed by atoms with Crippen molar-refractivity contribution in [1.82, 2.24) is 42.5 Å². The first-order chi connectivity index (χ1) is 33.4. The second-order valence-corrected chi connectivity index (χ2v) is 17.1. The van der Waals surface area contributed by atoms with Crippen LogP contribution in [0.4, 0.5) is 0 Å². The molecule has 0 radical (unpaired) electrons. The number of aliphatic carboxylic acids is 5. The van der Waals surface area contributed by atoms with E-state index in [1.807, 2.05) is 16.0 Å². The number of hydrogen-bond acceptors (Lipinski definition) is 18. The maximum atomic E-state index is 13.6. The number of hydrogen-bond donors (Lipinski definition) is 17. The molecule has 0 rings (SSSR count). The predicted octanol–water partition coefficient (Wildman–Crippen LogP) is -6.85. The van der Waals surface area contributed by atoms with Gasteiger partial charge >= 0.3 is 29.8 Å². The van der Waals surface area contributed by atoms with Crippen molar-refractivity contribution in [3.8, 4) is 0 Å². The molecule has 0 saturated heterocycles. The molecule has 0 saturated carbocycles. The van der Waals surface area contributed by atoms with E-state index >= 15 is 0 Å². The van der Waals surface area contributed by atoms with Gasteiger partial charge in [0.15, 0.2) is 0 Å². The van der Waals surface area contributed by atoms with E-state index in [2.05, 4.69) is 26.6 Å². The maximum Gasteiger partial charge on any atom is 0.326 e. The van der Waals surface area contributed by atoms with E-state index in [0.29, 0.717) is 5.75 Å². The molecule has 0 aromatic carbocycles. The summed E-state index contributed by atoms with van der Waals surface area (Å²) in [4.78, 5) is 175. The van der Waals surface area contributed by atoms with Gasteiger partial charge in [0.05, 0.1) is 18.6 Å². The SMILES string of the molecule is CSCC[C@H](NC(=O)[C@@H](N)[C@@H](C)O)C(=O)N[C@@H](CCC(N)=O)C(=O)N[C@H](C(=O)N[C@@H](CCC(=O)O)C(=O)N[C@@H](C)C(=O)N[C@@H](CC(=O)O)C(=O)N[C@@H](CCC(=O)O)C(=O)N[C@@H](CCC(=O)O)C(=O)O)[C@@H](C)O. The Balaban J connectivity index is 6.46. The third kappa shape index (κ3) is 25.6. The lowest BCUT2D eigenvalue weighted by atomic mass is 10.0. The summed E-state index contributed by atoms with van der Waals surface area (Å²) in [6.45, 7) is 3.23.